The summed E-state index contributed by atoms with van der Waals surface area (Å²) in [5.41, 5.74) is 0.235. The van der Waals surface area contributed by atoms with Crippen LogP contribution in [0, 0.1) is 5.92 Å². The maximum atomic E-state index is 12.6. The van der Waals surface area contributed by atoms with Gasteiger partial charge in [0, 0.05) is 12.5 Å². The molecule has 1 aromatic carbocycles. The van der Waals surface area contributed by atoms with Crippen molar-refractivity contribution in [1.29, 1.82) is 0 Å². The molecule has 0 aromatic heterocycles. The second-order valence-corrected chi connectivity index (χ2v) is 8.25. The van der Waals surface area contributed by atoms with Gasteiger partial charge in [-0.3, -0.25) is 9.69 Å². The molecule has 0 radical (unpaired) electrons. The summed E-state index contributed by atoms with van der Waals surface area (Å²) in [6, 6.07) is 10.3. The molecular weight excluding hydrogens is 336 g/mol. The summed E-state index contributed by atoms with van der Waals surface area (Å²) in [7, 11) is 0. The zero-order valence-electron chi connectivity index (χ0n) is 14.4. The van der Waals surface area contributed by atoms with Crippen LogP contribution in [0.5, 0.6) is 0 Å². The molecule has 0 aliphatic carbocycles. The van der Waals surface area contributed by atoms with Crippen LogP contribution >= 0.6 is 11.8 Å². The van der Waals surface area contributed by atoms with Crippen molar-refractivity contribution in [2.24, 2.45) is 5.92 Å². The van der Waals surface area contributed by atoms with E-state index < -0.39 is 11.5 Å². The summed E-state index contributed by atoms with van der Waals surface area (Å²) < 4.78 is 0. The highest BCUT2D eigenvalue weighted by molar-refractivity contribution is 7.99. The fourth-order valence-corrected chi connectivity index (χ4v) is 4.83. The molecule has 1 amide bonds. The Labute approximate surface area is 153 Å². The summed E-state index contributed by atoms with van der Waals surface area (Å²) in [6.45, 7) is 2.66. The fraction of sp³-hybridized carbons (Fsp3) is 0.579. The highest BCUT2D eigenvalue weighted by Gasteiger charge is 2.42. The number of amides is 1. The number of benzene rings is 1. The Morgan fingerprint density at radius 1 is 1.16 bits per heavy atom. The highest BCUT2D eigenvalue weighted by atomic mass is 32.2. The Hall–Kier alpha value is -1.53. The SMILES string of the molecule is O=C(NC1(C(=O)O)CCSCC1)C1CCN(Cc2ccccc2)CC1. The molecule has 2 aliphatic rings. The molecular formula is C19H26N2O3S. The number of carboxylic acid groups (broad SMARTS) is 1. The molecule has 136 valence electrons. The van der Waals surface area contributed by atoms with Gasteiger partial charge in [-0.05, 0) is 55.8 Å². The van der Waals surface area contributed by atoms with Crippen LogP contribution in [0.15, 0.2) is 30.3 Å². The maximum absolute atomic E-state index is 12.6. The first kappa shape index (κ1) is 18.3. The lowest BCUT2D eigenvalue weighted by molar-refractivity contribution is -0.149. The molecule has 0 unspecified atom stereocenters. The minimum atomic E-state index is -1.05. The minimum Gasteiger partial charge on any atom is -0.480 e. The molecule has 0 atom stereocenters. The zero-order chi connectivity index (χ0) is 17.7. The first-order valence-electron chi connectivity index (χ1n) is 8.98. The number of carbonyl (C=O) groups excluding carboxylic acids is 1. The largest absolute Gasteiger partial charge is 0.480 e. The summed E-state index contributed by atoms with van der Waals surface area (Å²) in [5.74, 6) is 0.554. The molecule has 2 N–H and O–H groups in total. The van der Waals surface area contributed by atoms with Gasteiger partial charge in [-0.2, -0.15) is 11.8 Å². The van der Waals surface area contributed by atoms with E-state index in [0.717, 1.165) is 44.0 Å². The topological polar surface area (TPSA) is 69.6 Å². The van der Waals surface area contributed by atoms with Gasteiger partial charge in [-0.15, -0.1) is 0 Å². The smallest absolute Gasteiger partial charge is 0.329 e. The summed E-state index contributed by atoms with van der Waals surface area (Å²) in [4.78, 5) is 26.7. The molecule has 25 heavy (non-hydrogen) atoms. The number of nitrogens with one attached hydrogen (secondary N) is 1. The van der Waals surface area contributed by atoms with E-state index in [1.165, 1.54) is 5.56 Å². The number of carbonyl (C=O) groups is 2. The van der Waals surface area contributed by atoms with Crippen LogP contribution in [0.1, 0.15) is 31.2 Å². The summed E-state index contributed by atoms with van der Waals surface area (Å²) in [5, 5.41) is 12.5. The van der Waals surface area contributed by atoms with Gasteiger partial charge in [0.25, 0.3) is 0 Å². The first-order valence-corrected chi connectivity index (χ1v) is 10.1. The third-order valence-electron chi connectivity index (χ3n) is 5.33. The van der Waals surface area contributed by atoms with Gasteiger partial charge in [0.1, 0.15) is 5.54 Å². The quantitative estimate of drug-likeness (QED) is 0.842. The number of carboxylic acids is 1. The van der Waals surface area contributed by atoms with Gasteiger partial charge >= 0.3 is 5.97 Å². The Morgan fingerprint density at radius 3 is 2.40 bits per heavy atom. The first-order chi connectivity index (χ1) is 12.1. The van der Waals surface area contributed by atoms with Crippen molar-refractivity contribution in [1.82, 2.24) is 10.2 Å². The fourth-order valence-electron chi connectivity index (χ4n) is 3.64. The van der Waals surface area contributed by atoms with E-state index in [-0.39, 0.29) is 11.8 Å². The summed E-state index contributed by atoms with van der Waals surface area (Å²) in [6.07, 6.45) is 2.63. The summed E-state index contributed by atoms with van der Waals surface area (Å²) >= 11 is 1.76. The van der Waals surface area contributed by atoms with Gasteiger partial charge in [-0.1, -0.05) is 30.3 Å². The van der Waals surface area contributed by atoms with Crippen LogP contribution in [-0.4, -0.2) is 52.0 Å². The molecule has 2 fully saturated rings. The number of hydrogen-bond acceptors (Lipinski definition) is 4. The van der Waals surface area contributed by atoms with E-state index in [1.807, 2.05) is 18.2 Å². The van der Waals surface area contributed by atoms with Crippen molar-refractivity contribution in [2.75, 3.05) is 24.6 Å². The number of likely N-dealkylation sites (tertiary alicyclic amines) is 1. The molecule has 2 heterocycles. The Kier molecular flexibility index (Phi) is 6.02. The molecule has 2 aliphatic heterocycles. The minimum absolute atomic E-state index is 0.0715. The lowest BCUT2D eigenvalue weighted by atomic mass is 9.89. The number of hydrogen-bond donors (Lipinski definition) is 2. The van der Waals surface area contributed by atoms with Crippen molar-refractivity contribution in [2.45, 2.75) is 37.8 Å². The number of aliphatic carboxylic acids is 1. The second kappa shape index (κ2) is 8.23. The molecule has 0 bridgehead atoms. The van der Waals surface area contributed by atoms with Crippen molar-refractivity contribution in [3.63, 3.8) is 0 Å². The van der Waals surface area contributed by atoms with Gasteiger partial charge in [0.15, 0.2) is 0 Å². The van der Waals surface area contributed by atoms with Gasteiger partial charge in [0.05, 0.1) is 0 Å². The predicted molar refractivity (Wildman–Crippen MR) is 99.5 cm³/mol. The van der Waals surface area contributed by atoms with Gasteiger partial charge < -0.3 is 10.4 Å². The monoisotopic (exact) mass is 362 g/mol. The molecule has 2 saturated heterocycles. The molecule has 0 saturated carbocycles. The van der Waals surface area contributed by atoms with Crippen molar-refractivity contribution in [3.05, 3.63) is 35.9 Å². The lowest BCUT2D eigenvalue weighted by Crippen LogP contribution is -2.58. The van der Waals surface area contributed by atoms with Crippen LogP contribution in [0.2, 0.25) is 0 Å². The van der Waals surface area contributed by atoms with E-state index in [9.17, 15) is 14.7 Å². The number of rotatable bonds is 5. The van der Waals surface area contributed by atoms with E-state index in [2.05, 4.69) is 22.3 Å². The van der Waals surface area contributed by atoms with Crippen LogP contribution in [0.25, 0.3) is 0 Å². The normalized spacial score (nSPS) is 21.6. The Bertz CT molecular complexity index is 594. The third kappa shape index (κ3) is 4.55. The second-order valence-electron chi connectivity index (χ2n) is 7.02. The third-order valence-corrected chi connectivity index (χ3v) is 6.31. The van der Waals surface area contributed by atoms with E-state index in [0.29, 0.717) is 12.8 Å². The molecule has 1 aromatic rings. The predicted octanol–water partition coefficient (Wildman–Crippen LogP) is 2.37. The van der Waals surface area contributed by atoms with Crippen LogP contribution in [0.3, 0.4) is 0 Å². The van der Waals surface area contributed by atoms with Crippen LogP contribution < -0.4 is 5.32 Å². The van der Waals surface area contributed by atoms with Crippen LogP contribution in [-0.2, 0) is 16.1 Å². The van der Waals surface area contributed by atoms with Crippen molar-refractivity contribution >= 4 is 23.6 Å². The standard InChI is InChI=1S/C19H26N2O3S/c22-17(20-19(18(23)24)8-12-25-13-9-19)16-6-10-21(11-7-16)14-15-4-2-1-3-5-15/h1-5,16H,6-14H2,(H,20,22)(H,23,24). The van der Waals surface area contributed by atoms with Gasteiger partial charge in [0.2, 0.25) is 5.91 Å². The zero-order valence-corrected chi connectivity index (χ0v) is 15.3. The average Bonchev–Trinajstić information content (AvgIpc) is 2.64. The molecule has 0 spiro atoms. The highest BCUT2D eigenvalue weighted by Crippen LogP contribution is 2.29. The van der Waals surface area contributed by atoms with E-state index in [4.69, 9.17) is 0 Å². The van der Waals surface area contributed by atoms with Crippen LogP contribution in [0.4, 0.5) is 0 Å². The molecule has 5 nitrogen and oxygen atoms in total. The van der Waals surface area contributed by atoms with E-state index in [1.54, 1.807) is 11.8 Å². The Balaban J connectivity index is 1.52. The molecule has 3 rings (SSSR count). The number of piperidine rings is 1. The van der Waals surface area contributed by atoms with Crippen molar-refractivity contribution in [3.8, 4) is 0 Å². The van der Waals surface area contributed by atoms with Gasteiger partial charge in [-0.25, -0.2) is 4.79 Å². The molecule has 6 heteroatoms. The van der Waals surface area contributed by atoms with E-state index >= 15 is 0 Å². The number of thioether (sulfide) groups is 1. The number of nitrogens with zero attached hydrogens (tertiary/aromatic N) is 1. The lowest BCUT2D eigenvalue weighted by Gasteiger charge is -2.37. The Morgan fingerprint density at radius 2 is 1.80 bits per heavy atom. The average molecular weight is 362 g/mol. The maximum Gasteiger partial charge on any atom is 0.329 e. The van der Waals surface area contributed by atoms with Crippen molar-refractivity contribution < 1.29 is 14.7 Å².